The lowest BCUT2D eigenvalue weighted by molar-refractivity contribution is 0.511. The van der Waals surface area contributed by atoms with Crippen LogP contribution in [0.1, 0.15) is 0 Å². The molecule has 0 N–H and O–H groups in total. The summed E-state index contributed by atoms with van der Waals surface area (Å²) in [6.45, 7) is 0. The molecular weight excluding hydrogens is 665 g/mol. The van der Waals surface area contributed by atoms with Crippen molar-refractivity contribution in [3.63, 3.8) is 0 Å². The lowest BCUT2D eigenvalue weighted by atomic mass is 9.96. The van der Waals surface area contributed by atoms with Crippen LogP contribution in [0, 0.1) is 11.6 Å². The van der Waals surface area contributed by atoms with E-state index in [1.807, 2.05) is 91.0 Å². The summed E-state index contributed by atoms with van der Waals surface area (Å²) in [5.41, 5.74) is 9.47. The van der Waals surface area contributed by atoms with E-state index in [1.54, 1.807) is 6.07 Å². The Morgan fingerprint density at radius 1 is 0.415 bits per heavy atom. The molecule has 0 fully saturated rings. The average Bonchev–Trinajstić information content (AvgIpc) is 3.84. The van der Waals surface area contributed by atoms with Crippen LogP contribution in [0.25, 0.3) is 77.8 Å². The third-order valence-electron chi connectivity index (χ3n) is 9.65. The minimum atomic E-state index is -0.862. The molecule has 0 aliphatic carbocycles. The van der Waals surface area contributed by atoms with Crippen LogP contribution in [0.15, 0.2) is 173 Å². The summed E-state index contributed by atoms with van der Waals surface area (Å²) >= 11 is 0. The molecule has 0 radical (unpaired) electrons. The van der Waals surface area contributed by atoms with Gasteiger partial charge in [-0.3, -0.25) is 0 Å². The first kappa shape index (κ1) is 30.7. The highest BCUT2D eigenvalue weighted by molar-refractivity contribution is 6.00. The van der Waals surface area contributed by atoms with Gasteiger partial charge in [0.15, 0.2) is 22.8 Å². The smallest absolute Gasteiger partial charge is 0.227 e. The van der Waals surface area contributed by atoms with Gasteiger partial charge in [-0.05, 0) is 136 Å². The zero-order valence-electron chi connectivity index (χ0n) is 28.0. The fourth-order valence-electron chi connectivity index (χ4n) is 7.01. The molecule has 8 aromatic carbocycles. The number of fused-ring (bicyclic) bond motifs is 4. The molecule has 0 aliphatic heterocycles. The first-order valence-corrected chi connectivity index (χ1v) is 17.2. The SMILES string of the molecule is Fc1cc2cccc(-c3ccc4cc(N(c5ccc(-c6nc7ccccc7o6)cc5)c5ccc(-c6nc7ccccc7o6)cc5)ccc4c3)c2cc1F. The van der Waals surface area contributed by atoms with Crippen LogP contribution in [0.5, 0.6) is 0 Å². The van der Waals surface area contributed by atoms with Crippen molar-refractivity contribution in [3.8, 4) is 34.0 Å². The second-order valence-corrected chi connectivity index (χ2v) is 12.9. The molecule has 0 unspecified atom stereocenters. The highest BCUT2D eigenvalue weighted by Gasteiger charge is 2.17. The van der Waals surface area contributed by atoms with Crippen molar-refractivity contribution in [1.82, 2.24) is 9.97 Å². The Morgan fingerprint density at radius 3 is 1.57 bits per heavy atom. The van der Waals surface area contributed by atoms with Crippen molar-refractivity contribution in [3.05, 3.63) is 175 Å². The standard InChI is InChI=1S/C46H27F2N3O2/c47-39-26-32-6-5-7-37(38(32)27-40(39)48)33-13-12-31-25-36(23-18-30(31)24-33)51(34-19-14-28(15-20-34)45-49-41-8-1-3-10-43(41)52-45)35-21-16-29(17-22-35)46-50-42-9-2-4-11-44(42)53-46/h1-27H. The Balaban J connectivity index is 1.05. The number of oxazole rings is 2. The number of rotatable bonds is 6. The van der Waals surface area contributed by atoms with Gasteiger partial charge in [-0.2, -0.15) is 0 Å². The van der Waals surface area contributed by atoms with E-state index in [4.69, 9.17) is 8.83 Å². The lowest BCUT2D eigenvalue weighted by Gasteiger charge is -2.26. The van der Waals surface area contributed by atoms with E-state index in [-0.39, 0.29) is 0 Å². The predicted octanol–water partition coefficient (Wildman–Crippen LogP) is 13.0. The third-order valence-corrected chi connectivity index (χ3v) is 9.65. The van der Waals surface area contributed by atoms with Gasteiger partial charge in [0.1, 0.15) is 11.0 Å². The topological polar surface area (TPSA) is 55.3 Å². The van der Waals surface area contributed by atoms with E-state index in [9.17, 15) is 8.78 Å². The van der Waals surface area contributed by atoms with Crippen LogP contribution in [0.2, 0.25) is 0 Å². The zero-order valence-corrected chi connectivity index (χ0v) is 28.0. The molecule has 0 bridgehead atoms. The Hall–Kier alpha value is -7.12. The molecule has 0 saturated heterocycles. The van der Waals surface area contributed by atoms with Gasteiger partial charge in [0.05, 0.1) is 0 Å². The Labute approximate surface area is 302 Å². The molecule has 0 amide bonds. The average molecular weight is 692 g/mol. The minimum absolute atomic E-state index is 0.563. The summed E-state index contributed by atoms with van der Waals surface area (Å²) in [5.74, 6) is -0.591. The summed E-state index contributed by atoms with van der Waals surface area (Å²) < 4.78 is 40.4. The van der Waals surface area contributed by atoms with Crippen LogP contribution in [0.4, 0.5) is 25.8 Å². The summed E-state index contributed by atoms with van der Waals surface area (Å²) in [4.78, 5) is 11.6. The second-order valence-electron chi connectivity index (χ2n) is 12.9. The highest BCUT2D eigenvalue weighted by atomic mass is 19.2. The third kappa shape index (κ3) is 5.47. The van der Waals surface area contributed by atoms with E-state index in [1.165, 1.54) is 12.1 Å². The maximum atomic E-state index is 14.3. The Bertz CT molecular complexity index is 2800. The van der Waals surface area contributed by atoms with Crippen molar-refractivity contribution in [2.24, 2.45) is 0 Å². The molecule has 0 spiro atoms. The first-order chi connectivity index (χ1) is 26.0. The number of anilines is 3. The predicted molar refractivity (Wildman–Crippen MR) is 207 cm³/mol. The summed E-state index contributed by atoms with van der Waals surface area (Å²) in [6.07, 6.45) is 0. The fraction of sp³-hybridized carbons (Fsp3) is 0. The summed E-state index contributed by atoms with van der Waals surface area (Å²) in [7, 11) is 0. The van der Waals surface area contributed by atoms with Crippen molar-refractivity contribution in [1.29, 1.82) is 0 Å². The fourth-order valence-corrected chi connectivity index (χ4v) is 7.01. The number of nitrogens with zero attached hydrogens (tertiary/aromatic N) is 3. The molecule has 53 heavy (non-hydrogen) atoms. The highest BCUT2D eigenvalue weighted by Crippen LogP contribution is 2.39. The van der Waals surface area contributed by atoms with Crippen LogP contribution in [-0.2, 0) is 0 Å². The van der Waals surface area contributed by atoms with Crippen LogP contribution < -0.4 is 4.90 Å². The molecule has 252 valence electrons. The second kappa shape index (κ2) is 12.3. The van der Waals surface area contributed by atoms with Gasteiger partial charge in [-0.15, -0.1) is 0 Å². The monoisotopic (exact) mass is 691 g/mol. The van der Waals surface area contributed by atoms with E-state index in [0.29, 0.717) is 22.6 Å². The molecular formula is C46H27F2N3O2. The van der Waals surface area contributed by atoms with Crippen molar-refractivity contribution in [2.45, 2.75) is 0 Å². The van der Waals surface area contributed by atoms with Crippen molar-refractivity contribution < 1.29 is 17.6 Å². The minimum Gasteiger partial charge on any atom is -0.436 e. The van der Waals surface area contributed by atoms with E-state index >= 15 is 0 Å². The normalized spacial score (nSPS) is 11.6. The molecule has 2 heterocycles. The first-order valence-electron chi connectivity index (χ1n) is 17.2. The van der Waals surface area contributed by atoms with E-state index < -0.39 is 11.6 Å². The summed E-state index contributed by atoms with van der Waals surface area (Å²) in [5, 5.41) is 3.36. The van der Waals surface area contributed by atoms with Crippen LogP contribution in [0.3, 0.4) is 0 Å². The number of aromatic nitrogens is 2. The quantitative estimate of drug-likeness (QED) is 0.174. The molecule has 10 aromatic rings. The molecule has 0 atom stereocenters. The molecule has 10 rings (SSSR count). The van der Waals surface area contributed by atoms with E-state index in [0.717, 1.165) is 72.3 Å². The lowest BCUT2D eigenvalue weighted by Crippen LogP contribution is -2.09. The largest absolute Gasteiger partial charge is 0.436 e. The number of para-hydroxylation sites is 4. The number of benzene rings is 8. The maximum Gasteiger partial charge on any atom is 0.227 e. The van der Waals surface area contributed by atoms with Gasteiger partial charge < -0.3 is 13.7 Å². The van der Waals surface area contributed by atoms with Gasteiger partial charge in [-0.25, -0.2) is 18.7 Å². The number of hydrogen-bond acceptors (Lipinski definition) is 5. The maximum absolute atomic E-state index is 14.3. The van der Waals surface area contributed by atoms with Gasteiger partial charge in [0.25, 0.3) is 0 Å². The van der Waals surface area contributed by atoms with Gasteiger partial charge >= 0.3 is 0 Å². The zero-order chi connectivity index (χ0) is 35.5. The van der Waals surface area contributed by atoms with Crippen molar-refractivity contribution in [2.75, 3.05) is 4.90 Å². The van der Waals surface area contributed by atoms with E-state index in [2.05, 4.69) is 69.5 Å². The van der Waals surface area contributed by atoms with Crippen molar-refractivity contribution >= 4 is 60.8 Å². The van der Waals surface area contributed by atoms with Crippen LogP contribution in [-0.4, -0.2) is 9.97 Å². The molecule has 0 aliphatic rings. The van der Waals surface area contributed by atoms with Crippen LogP contribution >= 0.6 is 0 Å². The molecule has 0 saturated carbocycles. The number of halogens is 2. The van der Waals surface area contributed by atoms with Gasteiger partial charge in [0.2, 0.25) is 11.8 Å². The van der Waals surface area contributed by atoms with Gasteiger partial charge in [-0.1, -0.05) is 60.7 Å². The Kier molecular flexibility index (Phi) is 7.11. The summed E-state index contributed by atoms with van der Waals surface area (Å²) in [6, 6.07) is 52.4. The molecule has 5 nitrogen and oxygen atoms in total. The number of hydrogen-bond donors (Lipinski definition) is 0. The van der Waals surface area contributed by atoms with Gasteiger partial charge in [0, 0.05) is 28.2 Å². The molecule has 7 heteroatoms. The Morgan fingerprint density at radius 2 is 0.943 bits per heavy atom. The molecule has 2 aromatic heterocycles.